The van der Waals surface area contributed by atoms with Crippen molar-refractivity contribution in [1.29, 1.82) is 0 Å². The molecule has 2 nitrogen and oxygen atoms in total. The molecule has 1 aliphatic carbocycles. The highest BCUT2D eigenvalue weighted by atomic mass is 16.5. The summed E-state index contributed by atoms with van der Waals surface area (Å²) >= 11 is 0. The van der Waals surface area contributed by atoms with Crippen molar-refractivity contribution in [2.24, 2.45) is 11.8 Å². The van der Waals surface area contributed by atoms with Crippen LogP contribution >= 0.6 is 0 Å². The molecule has 0 radical (unpaired) electrons. The lowest BCUT2D eigenvalue weighted by molar-refractivity contribution is 0.0555. The molecule has 14 heavy (non-hydrogen) atoms. The molecule has 1 aliphatic heterocycles. The minimum atomic E-state index is 0.483. The summed E-state index contributed by atoms with van der Waals surface area (Å²) in [7, 11) is 0. The predicted molar refractivity (Wildman–Crippen MR) is 58.3 cm³/mol. The maximum absolute atomic E-state index is 5.76. The van der Waals surface area contributed by atoms with Crippen molar-refractivity contribution in [3.63, 3.8) is 0 Å². The highest BCUT2D eigenvalue weighted by Gasteiger charge is 2.28. The van der Waals surface area contributed by atoms with E-state index < -0.39 is 0 Å². The molecule has 0 aromatic carbocycles. The second-order valence-electron chi connectivity index (χ2n) is 5.12. The minimum absolute atomic E-state index is 0.483. The van der Waals surface area contributed by atoms with Crippen LogP contribution in [0.25, 0.3) is 0 Å². The van der Waals surface area contributed by atoms with E-state index in [-0.39, 0.29) is 0 Å². The SMILES string of the molecule is CC1CCC(CNCC(C)C2CC2)O1. The average Bonchev–Trinajstić information content (AvgIpc) is 2.92. The number of ether oxygens (including phenoxy) is 1. The first kappa shape index (κ1) is 10.4. The van der Waals surface area contributed by atoms with E-state index in [9.17, 15) is 0 Å². The van der Waals surface area contributed by atoms with Crippen molar-refractivity contribution in [3.05, 3.63) is 0 Å². The summed E-state index contributed by atoms with van der Waals surface area (Å²) in [4.78, 5) is 0. The first-order valence-corrected chi connectivity index (χ1v) is 6.12. The van der Waals surface area contributed by atoms with E-state index in [0.29, 0.717) is 12.2 Å². The summed E-state index contributed by atoms with van der Waals surface area (Å²) in [5.41, 5.74) is 0. The van der Waals surface area contributed by atoms with Gasteiger partial charge in [0.2, 0.25) is 0 Å². The monoisotopic (exact) mass is 197 g/mol. The lowest BCUT2D eigenvalue weighted by Gasteiger charge is -2.15. The van der Waals surface area contributed by atoms with Crippen molar-refractivity contribution in [3.8, 4) is 0 Å². The standard InChI is InChI=1S/C12H23NO/c1-9(11-4-5-11)7-13-8-12-6-3-10(2)14-12/h9-13H,3-8H2,1-2H3. The Morgan fingerprint density at radius 1 is 1.29 bits per heavy atom. The Bertz CT molecular complexity index is 179. The zero-order valence-electron chi connectivity index (χ0n) is 9.46. The van der Waals surface area contributed by atoms with Crippen LogP contribution < -0.4 is 5.32 Å². The lowest BCUT2D eigenvalue weighted by Crippen LogP contribution is -2.30. The van der Waals surface area contributed by atoms with Crippen LogP contribution in [-0.2, 0) is 4.74 Å². The van der Waals surface area contributed by atoms with Gasteiger partial charge in [-0.05, 0) is 51.0 Å². The third-order valence-corrected chi connectivity index (χ3v) is 3.58. The highest BCUT2D eigenvalue weighted by Crippen LogP contribution is 2.36. The Morgan fingerprint density at radius 2 is 2.07 bits per heavy atom. The van der Waals surface area contributed by atoms with Crippen LogP contribution in [0.2, 0.25) is 0 Å². The van der Waals surface area contributed by atoms with Crippen LogP contribution in [-0.4, -0.2) is 25.3 Å². The molecule has 1 saturated heterocycles. The predicted octanol–water partition coefficient (Wildman–Crippen LogP) is 2.19. The van der Waals surface area contributed by atoms with Crippen LogP contribution in [0.3, 0.4) is 0 Å². The van der Waals surface area contributed by atoms with Gasteiger partial charge in [-0.25, -0.2) is 0 Å². The molecule has 2 heteroatoms. The minimum Gasteiger partial charge on any atom is -0.374 e. The summed E-state index contributed by atoms with van der Waals surface area (Å²) in [6.45, 7) is 6.77. The summed E-state index contributed by atoms with van der Waals surface area (Å²) < 4.78 is 5.76. The quantitative estimate of drug-likeness (QED) is 0.729. The number of hydrogen-bond acceptors (Lipinski definition) is 2. The van der Waals surface area contributed by atoms with E-state index in [0.717, 1.165) is 18.4 Å². The van der Waals surface area contributed by atoms with Crippen molar-refractivity contribution in [1.82, 2.24) is 5.32 Å². The van der Waals surface area contributed by atoms with E-state index in [1.165, 1.54) is 32.2 Å². The van der Waals surface area contributed by atoms with Gasteiger partial charge in [-0.15, -0.1) is 0 Å². The third-order valence-electron chi connectivity index (χ3n) is 3.58. The zero-order valence-corrected chi connectivity index (χ0v) is 9.46. The van der Waals surface area contributed by atoms with Crippen molar-refractivity contribution in [2.45, 2.75) is 51.7 Å². The van der Waals surface area contributed by atoms with E-state index in [2.05, 4.69) is 19.2 Å². The summed E-state index contributed by atoms with van der Waals surface area (Å²) in [6.07, 6.45) is 6.37. The van der Waals surface area contributed by atoms with E-state index in [1.54, 1.807) is 0 Å². The van der Waals surface area contributed by atoms with Gasteiger partial charge >= 0.3 is 0 Å². The molecule has 2 rings (SSSR count). The molecule has 1 heterocycles. The van der Waals surface area contributed by atoms with E-state index in [1.807, 2.05) is 0 Å². The molecule has 0 bridgehead atoms. The number of nitrogens with one attached hydrogen (secondary N) is 1. The van der Waals surface area contributed by atoms with Gasteiger partial charge in [0.25, 0.3) is 0 Å². The fourth-order valence-corrected chi connectivity index (χ4v) is 2.34. The van der Waals surface area contributed by atoms with Gasteiger partial charge in [-0.1, -0.05) is 6.92 Å². The number of hydrogen-bond donors (Lipinski definition) is 1. The van der Waals surface area contributed by atoms with Gasteiger partial charge in [0.15, 0.2) is 0 Å². The van der Waals surface area contributed by atoms with Crippen LogP contribution in [0.5, 0.6) is 0 Å². The van der Waals surface area contributed by atoms with Crippen LogP contribution in [0.1, 0.15) is 39.5 Å². The van der Waals surface area contributed by atoms with Crippen LogP contribution in [0.15, 0.2) is 0 Å². The molecule has 2 aliphatic rings. The Labute approximate surface area is 87.4 Å². The number of rotatable bonds is 5. The highest BCUT2D eigenvalue weighted by molar-refractivity contribution is 4.80. The third kappa shape index (κ3) is 2.96. The second-order valence-corrected chi connectivity index (χ2v) is 5.12. The molecule has 1 saturated carbocycles. The molecule has 0 aromatic rings. The van der Waals surface area contributed by atoms with Crippen molar-refractivity contribution >= 4 is 0 Å². The Hall–Kier alpha value is -0.0800. The van der Waals surface area contributed by atoms with E-state index >= 15 is 0 Å². The first-order chi connectivity index (χ1) is 6.75. The van der Waals surface area contributed by atoms with E-state index in [4.69, 9.17) is 4.74 Å². The molecule has 0 spiro atoms. The lowest BCUT2D eigenvalue weighted by atomic mass is 10.1. The van der Waals surface area contributed by atoms with Crippen LogP contribution in [0, 0.1) is 11.8 Å². The molecular formula is C12H23NO. The maximum atomic E-state index is 5.76. The normalized spacial score (nSPS) is 34.7. The molecule has 82 valence electrons. The van der Waals surface area contributed by atoms with Gasteiger partial charge in [-0.2, -0.15) is 0 Å². The van der Waals surface area contributed by atoms with Gasteiger partial charge < -0.3 is 10.1 Å². The Kier molecular flexibility index (Phi) is 3.45. The van der Waals surface area contributed by atoms with Crippen LogP contribution in [0.4, 0.5) is 0 Å². The molecule has 3 atom stereocenters. The van der Waals surface area contributed by atoms with Gasteiger partial charge in [0.1, 0.15) is 0 Å². The van der Waals surface area contributed by atoms with Crippen molar-refractivity contribution in [2.75, 3.05) is 13.1 Å². The molecule has 3 unspecified atom stereocenters. The molecule has 1 N–H and O–H groups in total. The van der Waals surface area contributed by atoms with Gasteiger partial charge in [0, 0.05) is 6.54 Å². The largest absolute Gasteiger partial charge is 0.374 e. The molecular weight excluding hydrogens is 174 g/mol. The smallest absolute Gasteiger partial charge is 0.0704 e. The zero-order chi connectivity index (χ0) is 9.97. The second kappa shape index (κ2) is 4.63. The fraction of sp³-hybridized carbons (Fsp3) is 1.00. The first-order valence-electron chi connectivity index (χ1n) is 6.12. The van der Waals surface area contributed by atoms with Crippen molar-refractivity contribution < 1.29 is 4.74 Å². The van der Waals surface area contributed by atoms with Gasteiger partial charge in [0.05, 0.1) is 12.2 Å². The van der Waals surface area contributed by atoms with Gasteiger partial charge in [-0.3, -0.25) is 0 Å². The Balaban J connectivity index is 1.54. The summed E-state index contributed by atoms with van der Waals surface area (Å²) in [6, 6.07) is 0. The summed E-state index contributed by atoms with van der Waals surface area (Å²) in [5, 5.41) is 3.54. The summed E-state index contributed by atoms with van der Waals surface area (Å²) in [5.74, 6) is 1.89. The molecule has 0 aromatic heterocycles. The topological polar surface area (TPSA) is 21.3 Å². The maximum Gasteiger partial charge on any atom is 0.0704 e. The average molecular weight is 197 g/mol. The Morgan fingerprint density at radius 3 is 2.64 bits per heavy atom. The molecule has 2 fully saturated rings. The fourth-order valence-electron chi connectivity index (χ4n) is 2.34. The molecule has 0 amide bonds.